The van der Waals surface area contributed by atoms with Crippen molar-refractivity contribution in [3.05, 3.63) is 11.8 Å². The van der Waals surface area contributed by atoms with E-state index < -0.39 is 16.0 Å². The Morgan fingerprint density at radius 1 is 1.65 bits per heavy atom. The van der Waals surface area contributed by atoms with Gasteiger partial charge in [0.25, 0.3) is 10.0 Å². The predicted molar refractivity (Wildman–Crippen MR) is 68.7 cm³/mol. The van der Waals surface area contributed by atoms with Gasteiger partial charge < -0.3 is 9.47 Å². The molecule has 0 amide bonds. The van der Waals surface area contributed by atoms with Gasteiger partial charge in [0, 0.05) is 13.1 Å². The molecule has 2 heterocycles. The molecule has 1 aliphatic rings. The normalized spacial score (nSPS) is 20.8. The zero-order valence-electron chi connectivity index (χ0n) is 11.3. The number of hydrogen-bond acceptors (Lipinski definition) is 6. The molecule has 2 rings (SSSR count). The highest BCUT2D eigenvalue weighted by atomic mass is 32.2. The van der Waals surface area contributed by atoms with Gasteiger partial charge in [0.1, 0.15) is 5.56 Å². The van der Waals surface area contributed by atoms with Crippen LogP contribution in [0.15, 0.2) is 11.2 Å². The summed E-state index contributed by atoms with van der Waals surface area (Å²) in [5.74, 6) is -0.707. The number of carbonyl (C=O) groups excluding carboxylic acids is 1. The number of H-pyrrole nitrogens is 1. The molecule has 0 bridgehead atoms. The van der Waals surface area contributed by atoms with E-state index in [4.69, 9.17) is 9.47 Å². The van der Waals surface area contributed by atoms with Crippen LogP contribution in [-0.4, -0.2) is 61.3 Å². The molecular formula is C11H17N3O5S. The topological polar surface area (TPSA) is 102 Å². The maximum atomic E-state index is 12.5. The molecule has 9 heteroatoms. The molecule has 0 spiro atoms. The fourth-order valence-corrected chi connectivity index (χ4v) is 3.52. The average Bonchev–Trinajstić information content (AvgIpc) is 2.89. The second kappa shape index (κ2) is 5.90. The minimum Gasteiger partial charge on any atom is -0.462 e. The molecule has 0 aliphatic carbocycles. The van der Waals surface area contributed by atoms with Crippen molar-refractivity contribution in [3.8, 4) is 0 Å². The molecule has 0 radical (unpaired) electrons. The van der Waals surface area contributed by atoms with Gasteiger partial charge in [0.2, 0.25) is 0 Å². The predicted octanol–water partition coefficient (Wildman–Crippen LogP) is -0.00420. The zero-order valence-corrected chi connectivity index (χ0v) is 12.1. The number of hydrogen-bond donors (Lipinski definition) is 1. The Morgan fingerprint density at radius 2 is 2.40 bits per heavy atom. The minimum absolute atomic E-state index is 0.0778. The number of esters is 1. The fraction of sp³-hybridized carbons (Fsp3) is 0.636. The van der Waals surface area contributed by atoms with E-state index in [0.29, 0.717) is 6.61 Å². The lowest BCUT2D eigenvalue weighted by Gasteiger charge is -2.29. The van der Waals surface area contributed by atoms with Crippen LogP contribution in [-0.2, 0) is 19.5 Å². The van der Waals surface area contributed by atoms with Crippen LogP contribution in [0.1, 0.15) is 24.2 Å². The molecule has 1 atom stereocenters. The summed E-state index contributed by atoms with van der Waals surface area (Å²) < 4.78 is 36.4. The van der Waals surface area contributed by atoms with Gasteiger partial charge in [-0.05, 0) is 13.8 Å². The molecule has 1 N–H and O–H groups in total. The zero-order chi connectivity index (χ0) is 14.8. The van der Waals surface area contributed by atoms with E-state index in [9.17, 15) is 13.2 Å². The summed E-state index contributed by atoms with van der Waals surface area (Å²) in [5, 5.41) is 5.79. The molecule has 1 fully saturated rings. The van der Waals surface area contributed by atoms with Crippen LogP contribution in [0, 0.1) is 0 Å². The standard InChI is InChI=1S/C11H17N3O5S/c1-3-18-11(15)9-6-12-13-10(9)20(16,17)14-4-5-19-8(2)7-14/h6,8H,3-5,7H2,1-2H3,(H,12,13). The van der Waals surface area contributed by atoms with E-state index in [-0.39, 0.29) is 36.4 Å². The molecular weight excluding hydrogens is 286 g/mol. The van der Waals surface area contributed by atoms with Crippen LogP contribution in [0.2, 0.25) is 0 Å². The van der Waals surface area contributed by atoms with Gasteiger partial charge in [-0.25, -0.2) is 13.2 Å². The van der Waals surface area contributed by atoms with Crippen molar-refractivity contribution < 1.29 is 22.7 Å². The number of ether oxygens (including phenoxy) is 2. The lowest BCUT2D eigenvalue weighted by molar-refractivity contribution is 0.0101. The molecule has 1 saturated heterocycles. The van der Waals surface area contributed by atoms with Crippen LogP contribution in [0.5, 0.6) is 0 Å². The first-order valence-electron chi connectivity index (χ1n) is 6.29. The Labute approximate surface area is 117 Å². The van der Waals surface area contributed by atoms with Gasteiger partial charge in [-0.15, -0.1) is 0 Å². The number of nitrogens with zero attached hydrogens (tertiary/aromatic N) is 2. The highest BCUT2D eigenvalue weighted by molar-refractivity contribution is 7.89. The van der Waals surface area contributed by atoms with Gasteiger partial charge in [-0.1, -0.05) is 0 Å². The molecule has 112 valence electrons. The molecule has 1 aromatic rings. The van der Waals surface area contributed by atoms with Crippen molar-refractivity contribution in [2.45, 2.75) is 25.0 Å². The first-order valence-corrected chi connectivity index (χ1v) is 7.73. The van der Waals surface area contributed by atoms with E-state index >= 15 is 0 Å². The van der Waals surface area contributed by atoms with Crippen molar-refractivity contribution in [1.82, 2.24) is 14.5 Å². The van der Waals surface area contributed by atoms with Crippen LogP contribution >= 0.6 is 0 Å². The van der Waals surface area contributed by atoms with Gasteiger partial charge in [0.15, 0.2) is 5.03 Å². The van der Waals surface area contributed by atoms with Gasteiger partial charge in [0.05, 0.1) is 25.5 Å². The van der Waals surface area contributed by atoms with Crippen molar-refractivity contribution in [3.63, 3.8) is 0 Å². The SMILES string of the molecule is CCOC(=O)c1cn[nH]c1S(=O)(=O)N1CCOC(C)C1. The molecule has 1 aromatic heterocycles. The number of aromatic nitrogens is 2. The Morgan fingerprint density at radius 3 is 3.05 bits per heavy atom. The van der Waals surface area contributed by atoms with Crippen LogP contribution in [0.25, 0.3) is 0 Å². The van der Waals surface area contributed by atoms with Crippen molar-refractivity contribution in [2.75, 3.05) is 26.3 Å². The van der Waals surface area contributed by atoms with E-state index in [1.165, 1.54) is 4.31 Å². The summed E-state index contributed by atoms with van der Waals surface area (Å²) in [7, 11) is -3.81. The lowest BCUT2D eigenvalue weighted by Crippen LogP contribution is -2.44. The Kier molecular flexibility index (Phi) is 4.41. The van der Waals surface area contributed by atoms with Crippen molar-refractivity contribution in [1.29, 1.82) is 0 Å². The van der Waals surface area contributed by atoms with E-state index in [1.807, 2.05) is 0 Å². The lowest BCUT2D eigenvalue weighted by atomic mass is 10.3. The Balaban J connectivity index is 2.30. The van der Waals surface area contributed by atoms with Crippen molar-refractivity contribution >= 4 is 16.0 Å². The molecule has 8 nitrogen and oxygen atoms in total. The average molecular weight is 303 g/mol. The number of nitrogens with one attached hydrogen (secondary N) is 1. The van der Waals surface area contributed by atoms with Crippen LogP contribution in [0.3, 0.4) is 0 Å². The number of sulfonamides is 1. The number of rotatable bonds is 4. The first-order chi connectivity index (χ1) is 9.46. The smallest absolute Gasteiger partial charge is 0.342 e. The molecule has 0 aromatic carbocycles. The third kappa shape index (κ3) is 2.84. The molecule has 20 heavy (non-hydrogen) atoms. The highest BCUT2D eigenvalue weighted by Crippen LogP contribution is 2.20. The Bertz CT molecular complexity index is 583. The number of carbonyl (C=O) groups is 1. The minimum atomic E-state index is -3.81. The summed E-state index contributed by atoms with van der Waals surface area (Å²) in [6.45, 7) is 4.41. The monoisotopic (exact) mass is 303 g/mol. The molecule has 1 aliphatic heterocycles. The fourth-order valence-electron chi connectivity index (χ4n) is 1.96. The quantitative estimate of drug-likeness (QED) is 0.785. The van der Waals surface area contributed by atoms with E-state index in [0.717, 1.165) is 6.20 Å². The van der Waals surface area contributed by atoms with Gasteiger partial charge in [-0.2, -0.15) is 9.40 Å². The highest BCUT2D eigenvalue weighted by Gasteiger charge is 2.34. The molecule has 0 saturated carbocycles. The van der Waals surface area contributed by atoms with E-state index in [2.05, 4.69) is 10.2 Å². The third-order valence-corrected chi connectivity index (χ3v) is 4.74. The van der Waals surface area contributed by atoms with Gasteiger partial charge in [-0.3, -0.25) is 5.10 Å². The summed E-state index contributed by atoms with van der Waals surface area (Å²) >= 11 is 0. The maximum absolute atomic E-state index is 12.5. The second-order valence-electron chi connectivity index (χ2n) is 4.38. The largest absolute Gasteiger partial charge is 0.462 e. The first kappa shape index (κ1) is 14.9. The third-order valence-electron chi connectivity index (χ3n) is 2.90. The van der Waals surface area contributed by atoms with Gasteiger partial charge >= 0.3 is 5.97 Å². The second-order valence-corrected chi connectivity index (χ2v) is 6.25. The summed E-state index contributed by atoms with van der Waals surface area (Å²) in [6, 6.07) is 0. The summed E-state index contributed by atoms with van der Waals surface area (Å²) in [6.07, 6.45) is 0.974. The van der Waals surface area contributed by atoms with Crippen LogP contribution < -0.4 is 0 Å². The number of aromatic amines is 1. The van der Waals surface area contributed by atoms with Crippen LogP contribution in [0.4, 0.5) is 0 Å². The summed E-state index contributed by atoms with van der Waals surface area (Å²) in [4.78, 5) is 11.7. The van der Waals surface area contributed by atoms with E-state index in [1.54, 1.807) is 13.8 Å². The molecule has 1 unspecified atom stereocenters. The maximum Gasteiger partial charge on any atom is 0.342 e. The number of morpholine rings is 1. The Hall–Kier alpha value is -1.45. The summed E-state index contributed by atoms with van der Waals surface area (Å²) in [5.41, 5.74) is -0.0778. The van der Waals surface area contributed by atoms with Crippen molar-refractivity contribution in [2.24, 2.45) is 0 Å².